The molecule has 1 aromatic heterocycles. The Labute approximate surface area is 115 Å². The van der Waals surface area contributed by atoms with Crippen molar-refractivity contribution in [1.82, 2.24) is 4.98 Å². The molecule has 1 fully saturated rings. The van der Waals surface area contributed by atoms with E-state index in [1.165, 1.54) is 12.0 Å². The molecule has 104 valence electrons. The SMILES string of the molecule is CC(C)(C)Cc1cnc2c(c1)C(N)CC1(CCC1)O2. The third-order valence-corrected chi connectivity index (χ3v) is 4.24. The van der Waals surface area contributed by atoms with Crippen LogP contribution >= 0.6 is 0 Å². The van der Waals surface area contributed by atoms with Gasteiger partial charge in [-0.15, -0.1) is 0 Å². The topological polar surface area (TPSA) is 48.1 Å². The van der Waals surface area contributed by atoms with Gasteiger partial charge in [0.05, 0.1) is 0 Å². The maximum absolute atomic E-state index is 6.34. The molecule has 1 aliphatic heterocycles. The van der Waals surface area contributed by atoms with E-state index in [0.29, 0.717) is 0 Å². The van der Waals surface area contributed by atoms with Crippen LogP contribution in [0.3, 0.4) is 0 Å². The predicted octanol–water partition coefficient (Wildman–Crippen LogP) is 3.38. The summed E-state index contributed by atoms with van der Waals surface area (Å²) in [5, 5.41) is 0. The molecule has 0 bridgehead atoms. The lowest BCUT2D eigenvalue weighted by atomic mass is 9.73. The average molecular weight is 260 g/mol. The van der Waals surface area contributed by atoms with Crippen LogP contribution < -0.4 is 10.5 Å². The van der Waals surface area contributed by atoms with Gasteiger partial charge < -0.3 is 10.5 Å². The third kappa shape index (κ3) is 2.48. The van der Waals surface area contributed by atoms with E-state index in [4.69, 9.17) is 10.5 Å². The second kappa shape index (κ2) is 4.20. The van der Waals surface area contributed by atoms with Crippen LogP contribution in [0.5, 0.6) is 5.88 Å². The maximum atomic E-state index is 6.34. The predicted molar refractivity (Wildman–Crippen MR) is 76.2 cm³/mol. The highest BCUT2D eigenvalue weighted by atomic mass is 16.5. The normalized spacial score (nSPS) is 24.5. The lowest BCUT2D eigenvalue weighted by Crippen LogP contribution is -2.48. The van der Waals surface area contributed by atoms with E-state index in [2.05, 4.69) is 31.8 Å². The van der Waals surface area contributed by atoms with Gasteiger partial charge in [0.15, 0.2) is 0 Å². The molecule has 1 unspecified atom stereocenters. The largest absolute Gasteiger partial charge is 0.471 e. The Morgan fingerprint density at radius 1 is 1.42 bits per heavy atom. The summed E-state index contributed by atoms with van der Waals surface area (Å²) in [6.45, 7) is 6.73. The van der Waals surface area contributed by atoms with E-state index in [-0.39, 0.29) is 17.1 Å². The van der Waals surface area contributed by atoms with Crippen molar-refractivity contribution in [1.29, 1.82) is 0 Å². The summed E-state index contributed by atoms with van der Waals surface area (Å²) >= 11 is 0. The molecule has 3 nitrogen and oxygen atoms in total. The molecule has 2 heterocycles. The third-order valence-electron chi connectivity index (χ3n) is 4.24. The molecule has 0 aromatic carbocycles. The molecule has 2 N–H and O–H groups in total. The number of aromatic nitrogens is 1. The highest BCUT2D eigenvalue weighted by molar-refractivity contribution is 5.36. The summed E-state index contributed by atoms with van der Waals surface area (Å²) < 4.78 is 6.12. The molecule has 1 spiro atoms. The number of rotatable bonds is 1. The van der Waals surface area contributed by atoms with E-state index < -0.39 is 0 Å². The fourth-order valence-corrected chi connectivity index (χ4v) is 3.21. The van der Waals surface area contributed by atoms with E-state index in [1.54, 1.807) is 0 Å². The summed E-state index contributed by atoms with van der Waals surface area (Å²) in [5.74, 6) is 0.774. The Morgan fingerprint density at radius 2 is 2.16 bits per heavy atom. The molecule has 0 saturated heterocycles. The van der Waals surface area contributed by atoms with Crippen molar-refractivity contribution in [2.75, 3.05) is 0 Å². The fraction of sp³-hybridized carbons (Fsp3) is 0.688. The Bertz CT molecular complexity index is 486. The summed E-state index contributed by atoms with van der Waals surface area (Å²) in [6.07, 6.45) is 7.43. The molecular formula is C16H24N2O. The molecule has 0 amide bonds. The van der Waals surface area contributed by atoms with Crippen LogP contribution in [-0.2, 0) is 6.42 Å². The van der Waals surface area contributed by atoms with Crippen molar-refractivity contribution in [2.24, 2.45) is 11.1 Å². The van der Waals surface area contributed by atoms with Crippen LogP contribution in [0.15, 0.2) is 12.3 Å². The minimum Gasteiger partial charge on any atom is -0.471 e. The molecule has 0 radical (unpaired) electrons. The number of pyridine rings is 1. The zero-order chi connectivity index (χ0) is 13.7. The number of ether oxygens (including phenoxy) is 1. The molecule has 1 aromatic rings. The minimum absolute atomic E-state index is 0.00492. The van der Waals surface area contributed by atoms with Gasteiger partial charge >= 0.3 is 0 Å². The smallest absolute Gasteiger partial charge is 0.218 e. The number of hydrogen-bond donors (Lipinski definition) is 1. The van der Waals surface area contributed by atoms with E-state index >= 15 is 0 Å². The summed E-state index contributed by atoms with van der Waals surface area (Å²) in [6, 6.07) is 2.28. The van der Waals surface area contributed by atoms with Gasteiger partial charge in [0.25, 0.3) is 0 Å². The van der Waals surface area contributed by atoms with Crippen LogP contribution in [0.2, 0.25) is 0 Å². The van der Waals surface area contributed by atoms with Crippen molar-refractivity contribution in [3.05, 3.63) is 23.4 Å². The van der Waals surface area contributed by atoms with Crippen molar-refractivity contribution in [3.63, 3.8) is 0 Å². The lowest BCUT2D eigenvalue weighted by Gasteiger charge is -2.46. The zero-order valence-electron chi connectivity index (χ0n) is 12.2. The Kier molecular flexibility index (Phi) is 2.86. The summed E-state index contributed by atoms with van der Waals surface area (Å²) in [7, 11) is 0. The molecule has 3 heteroatoms. The van der Waals surface area contributed by atoms with Crippen molar-refractivity contribution in [2.45, 2.75) is 64.5 Å². The van der Waals surface area contributed by atoms with Gasteiger partial charge in [-0.05, 0) is 42.7 Å². The van der Waals surface area contributed by atoms with Crippen LogP contribution in [0, 0.1) is 5.41 Å². The van der Waals surface area contributed by atoms with Crippen LogP contribution in [0.25, 0.3) is 0 Å². The number of nitrogens with two attached hydrogens (primary N) is 1. The fourth-order valence-electron chi connectivity index (χ4n) is 3.21. The number of fused-ring (bicyclic) bond motifs is 1. The monoisotopic (exact) mass is 260 g/mol. The summed E-state index contributed by atoms with van der Waals surface area (Å²) in [5.41, 5.74) is 8.97. The maximum Gasteiger partial charge on any atom is 0.218 e. The highest BCUT2D eigenvalue weighted by Crippen LogP contribution is 2.47. The van der Waals surface area contributed by atoms with Gasteiger partial charge in [0, 0.05) is 24.2 Å². The van der Waals surface area contributed by atoms with Gasteiger partial charge in [-0.1, -0.05) is 20.8 Å². The zero-order valence-corrected chi connectivity index (χ0v) is 12.2. The Hall–Kier alpha value is -1.09. The first kappa shape index (κ1) is 12.9. The lowest BCUT2D eigenvalue weighted by molar-refractivity contribution is -0.0369. The summed E-state index contributed by atoms with van der Waals surface area (Å²) in [4.78, 5) is 4.53. The molecule has 2 aliphatic rings. The van der Waals surface area contributed by atoms with Gasteiger partial charge in [0.1, 0.15) is 5.60 Å². The second-order valence-electron chi connectivity index (χ2n) is 7.42. The quantitative estimate of drug-likeness (QED) is 0.842. The molecule has 1 aliphatic carbocycles. The van der Waals surface area contributed by atoms with Gasteiger partial charge in [-0.25, -0.2) is 4.98 Å². The number of hydrogen-bond acceptors (Lipinski definition) is 3. The van der Waals surface area contributed by atoms with Crippen LogP contribution in [0.1, 0.15) is 63.6 Å². The van der Waals surface area contributed by atoms with E-state index in [0.717, 1.165) is 37.1 Å². The van der Waals surface area contributed by atoms with E-state index in [9.17, 15) is 0 Å². The highest BCUT2D eigenvalue weighted by Gasteiger charge is 2.45. The standard InChI is InChI=1S/C16H24N2O/c1-15(2,3)8-11-7-12-13(17)9-16(5-4-6-16)19-14(12)18-10-11/h7,10,13H,4-6,8-9,17H2,1-3H3. The average Bonchev–Trinajstić information content (AvgIpc) is 2.25. The molecule has 3 rings (SSSR count). The minimum atomic E-state index is 0.00492. The molecule has 19 heavy (non-hydrogen) atoms. The van der Waals surface area contributed by atoms with Crippen LogP contribution in [-0.4, -0.2) is 10.6 Å². The molecule has 1 saturated carbocycles. The number of nitrogens with zero attached hydrogens (tertiary/aromatic N) is 1. The van der Waals surface area contributed by atoms with Crippen molar-refractivity contribution < 1.29 is 4.74 Å². The molecule has 1 atom stereocenters. The Balaban J connectivity index is 1.87. The first-order valence-electron chi connectivity index (χ1n) is 7.30. The van der Waals surface area contributed by atoms with Gasteiger partial charge in [-0.2, -0.15) is 0 Å². The van der Waals surface area contributed by atoms with Gasteiger partial charge in [-0.3, -0.25) is 0 Å². The first-order valence-corrected chi connectivity index (χ1v) is 7.30. The first-order chi connectivity index (χ1) is 8.87. The van der Waals surface area contributed by atoms with Crippen molar-refractivity contribution in [3.8, 4) is 5.88 Å². The van der Waals surface area contributed by atoms with Gasteiger partial charge in [0.2, 0.25) is 5.88 Å². The van der Waals surface area contributed by atoms with Crippen LogP contribution in [0.4, 0.5) is 0 Å². The van der Waals surface area contributed by atoms with E-state index in [1.807, 2.05) is 6.20 Å². The second-order valence-corrected chi connectivity index (χ2v) is 7.42. The Morgan fingerprint density at radius 3 is 2.74 bits per heavy atom. The van der Waals surface area contributed by atoms with Crippen molar-refractivity contribution >= 4 is 0 Å². The molecular weight excluding hydrogens is 236 g/mol.